The second kappa shape index (κ2) is 8.07. The number of hydrogen-bond donors (Lipinski definition) is 2. The molecular weight excluding hydrogens is 363 g/mol. The van der Waals surface area contributed by atoms with E-state index in [0.717, 1.165) is 0 Å². The standard InChI is InChI=1S/C19H17BN2O6/c1-27-18(23)15-16(12-8-10-13(11-9-12)20(25)26)21-22(17(15)19(24)28-2)14-6-4-3-5-7-14/h3-11,25-26H,1-2H3. The molecule has 28 heavy (non-hydrogen) atoms. The second-order valence-corrected chi connectivity index (χ2v) is 5.80. The van der Waals surface area contributed by atoms with Crippen LogP contribution < -0.4 is 5.46 Å². The van der Waals surface area contributed by atoms with Crippen LogP contribution in [0.4, 0.5) is 0 Å². The third kappa shape index (κ3) is 3.53. The molecule has 1 aromatic heterocycles. The summed E-state index contributed by atoms with van der Waals surface area (Å²) in [5, 5.41) is 23.0. The molecule has 142 valence electrons. The Balaban J connectivity index is 2.28. The summed E-state index contributed by atoms with van der Waals surface area (Å²) in [5.74, 6) is -1.49. The molecule has 1 heterocycles. The van der Waals surface area contributed by atoms with Crippen LogP contribution in [0.15, 0.2) is 54.6 Å². The molecule has 0 spiro atoms. The zero-order valence-corrected chi connectivity index (χ0v) is 15.2. The van der Waals surface area contributed by atoms with Crippen molar-refractivity contribution < 1.29 is 29.1 Å². The van der Waals surface area contributed by atoms with Gasteiger partial charge in [0.2, 0.25) is 0 Å². The van der Waals surface area contributed by atoms with Crippen molar-refractivity contribution in [2.75, 3.05) is 14.2 Å². The summed E-state index contributed by atoms with van der Waals surface area (Å²) in [4.78, 5) is 25.0. The molecule has 0 saturated heterocycles. The van der Waals surface area contributed by atoms with Crippen molar-refractivity contribution in [3.05, 3.63) is 65.9 Å². The summed E-state index contributed by atoms with van der Waals surface area (Å²) in [7, 11) is 0.794. The molecule has 2 aromatic carbocycles. The maximum absolute atomic E-state index is 12.5. The van der Waals surface area contributed by atoms with Gasteiger partial charge in [0, 0.05) is 5.56 Å². The molecule has 0 saturated carbocycles. The summed E-state index contributed by atoms with van der Waals surface area (Å²) in [6.07, 6.45) is 0. The van der Waals surface area contributed by atoms with Gasteiger partial charge in [0.25, 0.3) is 0 Å². The van der Waals surface area contributed by atoms with Gasteiger partial charge in [-0.3, -0.25) is 0 Å². The minimum atomic E-state index is -1.62. The highest BCUT2D eigenvalue weighted by Crippen LogP contribution is 2.28. The third-order valence-corrected chi connectivity index (χ3v) is 4.14. The van der Waals surface area contributed by atoms with Gasteiger partial charge >= 0.3 is 19.1 Å². The van der Waals surface area contributed by atoms with Gasteiger partial charge < -0.3 is 19.5 Å². The van der Waals surface area contributed by atoms with Crippen molar-refractivity contribution in [2.45, 2.75) is 0 Å². The van der Waals surface area contributed by atoms with Crippen LogP contribution in [-0.4, -0.2) is 53.1 Å². The monoisotopic (exact) mass is 380 g/mol. The summed E-state index contributed by atoms with van der Waals surface area (Å²) < 4.78 is 11.0. The van der Waals surface area contributed by atoms with Gasteiger partial charge in [0.05, 0.1) is 19.9 Å². The molecule has 0 atom stereocenters. The molecule has 3 rings (SSSR count). The topological polar surface area (TPSA) is 111 Å². The largest absolute Gasteiger partial charge is 0.488 e. The van der Waals surface area contributed by atoms with E-state index in [1.165, 1.54) is 31.0 Å². The van der Waals surface area contributed by atoms with Gasteiger partial charge in [0.15, 0.2) is 5.69 Å². The highest BCUT2D eigenvalue weighted by Gasteiger charge is 2.31. The van der Waals surface area contributed by atoms with E-state index in [1.54, 1.807) is 36.4 Å². The van der Waals surface area contributed by atoms with Crippen molar-refractivity contribution in [2.24, 2.45) is 0 Å². The number of rotatable bonds is 5. The van der Waals surface area contributed by atoms with E-state index in [2.05, 4.69) is 5.10 Å². The predicted octanol–water partition coefficient (Wildman–Crippen LogP) is 0.792. The summed E-state index contributed by atoms with van der Waals surface area (Å²) >= 11 is 0. The first-order valence-corrected chi connectivity index (χ1v) is 8.29. The molecule has 0 fully saturated rings. The zero-order chi connectivity index (χ0) is 20.3. The van der Waals surface area contributed by atoms with E-state index in [4.69, 9.17) is 9.47 Å². The Kier molecular flexibility index (Phi) is 5.58. The first kappa shape index (κ1) is 19.3. The van der Waals surface area contributed by atoms with Crippen molar-refractivity contribution in [3.63, 3.8) is 0 Å². The lowest BCUT2D eigenvalue weighted by atomic mass is 9.80. The third-order valence-electron chi connectivity index (χ3n) is 4.14. The van der Waals surface area contributed by atoms with Crippen molar-refractivity contribution in [1.82, 2.24) is 9.78 Å². The highest BCUT2D eigenvalue weighted by molar-refractivity contribution is 6.58. The number of carbonyl (C=O) groups is 2. The fourth-order valence-electron chi connectivity index (χ4n) is 2.77. The average Bonchev–Trinajstić information content (AvgIpc) is 3.14. The quantitative estimate of drug-likeness (QED) is 0.497. The van der Waals surface area contributed by atoms with Crippen molar-refractivity contribution >= 4 is 24.5 Å². The summed E-state index contributed by atoms with van der Waals surface area (Å²) in [6.45, 7) is 0. The van der Waals surface area contributed by atoms with Gasteiger partial charge in [-0.15, -0.1) is 0 Å². The molecule has 0 aliphatic rings. The van der Waals surface area contributed by atoms with E-state index >= 15 is 0 Å². The van der Waals surface area contributed by atoms with E-state index in [9.17, 15) is 19.6 Å². The van der Waals surface area contributed by atoms with Crippen molar-refractivity contribution in [1.29, 1.82) is 0 Å². The van der Waals surface area contributed by atoms with Crippen LogP contribution in [0.3, 0.4) is 0 Å². The van der Waals surface area contributed by atoms with Crippen LogP contribution in [0.1, 0.15) is 20.8 Å². The Morgan fingerprint density at radius 1 is 0.929 bits per heavy atom. The van der Waals surface area contributed by atoms with E-state index in [-0.39, 0.29) is 22.4 Å². The van der Waals surface area contributed by atoms with Crippen molar-refractivity contribution in [3.8, 4) is 16.9 Å². The predicted molar refractivity (Wildman–Crippen MR) is 102 cm³/mol. The number of aromatic nitrogens is 2. The Morgan fingerprint density at radius 3 is 2.07 bits per heavy atom. The van der Waals surface area contributed by atoms with Crippen LogP contribution >= 0.6 is 0 Å². The number of ether oxygens (including phenoxy) is 2. The first-order valence-electron chi connectivity index (χ1n) is 8.29. The fraction of sp³-hybridized carbons (Fsp3) is 0.105. The molecule has 3 aromatic rings. The lowest BCUT2D eigenvalue weighted by molar-refractivity contribution is 0.0549. The molecule has 2 N–H and O–H groups in total. The minimum absolute atomic E-state index is 0.0458. The van der Waals surface area contributed by atoms with Crippen LogP contribution in [0.2, 0.25) is 0 Å². The SMILES string of the molecule is COC(=O)c1c(-c2ccc(B(O)O)cc2)nn(-c2ccccc2)c1C(=O)OC. The maximum atomic E-state index is 12.5. The molecule has 8 nitrogen and oxygen atoms in total. The first-order chi connectivity index (χ1) is 13.5. The number of esters is 2. The van der Waals surface area contributed by atoms with Crippen LogP contribution in [0, 0.1) is 0 Å². The molecule has 0 aliphatic heterocycles. The number of nitrogens with zero attached hydrogens (tertiary/aromatic N) is 2. The number of methoxy groups -OCH3 is 2. The number of hydrogen-bond acceptors (Lipinski definition) is 7. The van der Waals surface area contributed by atoms with Gasteiger partial charge in [0.1, 0.15) is 11.3 Å². The smallest absolute Gasteiger partial charge is 0.465 e. The highest BCUT2D eigenvalue weighted by atomic mass is 16.5. The maximum Gasteiger partial charge on any atom is 0.488 e. The Bertz CT molecular complexity index is 999. The lowest BCUT2D eigenvalue weighted by Crippen LogP contribution is -2.29. The Morgan fingerprint density at radius 2 is 1.54 bits per heavy atom. The van der Waals surface area contributed by atoms with Gasteiger partial charge in [-0.05, 0) is 17.6 Å². The van der Waals surface area contributed by atoms with E-state index in [0.29, 0.717) is 11.3 Å². The van der Waals surface area contributed by atoms with Gasteiger partial charge in [-0.2, -0.15) is 5.10 Å². The molecule has 0 amide bonds. The van der Waals surface area contributed by atoms with Crippen LogP contribution in [0.5, 0.6) is 0 Å². The molecule has 0 radical (unpaired) electrons. The molecule has 0 bridgehead atoms. The number of benzene rings is 2. The number of carbonyl (C=O) groups excluding carboxylic acids is 2. The zero-order valence-electron chi connectivity index (χ0n) is 15.2. The van der Waals surface area contributed by atoms with E-state index < -0.39 is 19.1 Å². The summed E-state index contributed by atoms with van der Waals surface area (Å²) in [6, 6.07) is 14.9. The molecule has 0 aliphatic carbocycles. The second-order valence-electron chi connectivity index (χ2n) is 5.80. The van der Waals surface area contributed by atoms with E-state index in [1.807, 2.05) is 6.07 Å². The molecule has 0 unspecified atom stereocenters. The van der Waals surface area contributed by atoms with Crippen LogP contribution in [-0.2, 0) is 9.47 Å². The molecule has 9 heteroatoms. The lowest BCUT2D eigenvalue weighted by Gasteiger charge is -2.07. The molecular formula is C19H17BN2O6. The summed E-state index contributed by atoms with van der Waals surface area (Å²) in [5.41, 5.74) is 1.41. The minimum Gasteiger partial charge on any atom is -0.465 e. The van der Waals surface area contributed by atoms with Gasteiger partial charge in [-0.25, -0.2) is 14.3 Å². The number of para-hydroxylation sites is 1. The Labute approximate surface area is 161 Å². The van der Waals surface area contributed by atoms with Gasteiger partial charge in [-0.1, -0.05) is 42.5 Å². The van der Waals surface area contributed by atoms with Crippen LogP contribution in [0.25, 0.3) is 16.9 Å². The fourth-order valence-corrected chi connectivity index (χ4v) is 2.77. The normalized spacial score (nSPS) is 10.4. The average molecular weight is 380 g/mol. The Hall–Kier alpha value is -3.43.